The van der Waals surface area contributed by atoms with Gasteiger partial charge in [-0.25, -0.2) is 8.42 Å². The van der Waals surface area contributed by atoms with Gasteiger partial charge in [0.15, 0.2) is 5.82 Å². The van der Waals surface area contributed by atoms with Gasteiger partial charge in [-0.15, -0.1) is 0 Å². The zero-order chi connectivity index (χ0) is 16.2. The van der Waals surface area contributed by atoms with Crippen LogP contribution in [0.5, 0.6) is 0 Å². The van der Waals surface area contributed by atoms with Crippen LogP contribution in [0, 0.1) is 0 Å². The summed E-state index contributed by atoms with van der Waals surface area (Å²) < 4.78 is 27.6. The first-order valence-electron chi connectivity index (χ1n) is 7.85. The summed E-state index contributed by atoms with van der Waals surface area (Å²) in [4.78, 5) is 9.05. The van der Waals surface area contributed by atoms with Crippen LogP contribution < -0.4 is 0 Å². The summed E-state index contributed by atoms with van der Waals surface area (Å²) in [5.74, 6) is 1.70. The smallest absolute Gasteiger partial charge is 0.243 e. The van der Waals surface area contributed by atoms with Gasteiger partial charge < -0.3 is 9.42 Å². The molecule has 0 saturated carbocycles. The first-order valence-corrected chi connectivity index (χ1v) is 9.91. The fourth-order valence-electron chi connectivity index (χ4n) is 2.66. The van der Waals surface area contributed by atoms with Crippen molar-refractivity contribution in [3.8, 4) is 0 Å². The largest absolute Gasteiger partial charge is 0.338 e. The summed E-state index contributed by atoms with van der Waals surface area (Å²) in [5, 5.41) is 3.95. The van der Waals surface area contributed by atoms with Crippen molar-refractivity contribution in [3.05, 3.63) is 11.7 Å². The fraction of sp³-hybridized carbons (Fsp3) is 0.857. The third-order valence-electron chi connectivity index (χ3n) is 4.10. The average Bonchev–Trinajstić information content (AvgIpc) is 2.95. The second-order valence-electron chi connectivity index (χ2n) is 5.94. The molecule has 0 amide bonds. The first kappa shape index (κ1) is 17.4. The topological polar surface area (TPSA) is 79.5 Å². The van der Waals surface area contributed by atoms with E-state index in [9.17, 15) is 8.42 Å². The van der Waals surface area contributed by atoms with Crippen molar-refractivity contribution in [3.63, 3.8) is 0 Å². The summed E-state index contributed by atoms with van der Waals surface area (Å²) >= 11 is 0. The highest BCUT2D eigenvalue weighted by atomic mass is 32.2. The Hall–Kier alpha value is -0.990. The Labute approximate surface area is 132 Å². The summed E-state index contributed by atoms with van der Waals surface area (Å²) in [6.07, 6.45) is 2.78. The first-order chi connectivity index (χ1) is 10.4. The third kappa shape index (κ3) is 5.03. The number of piperazine rings is 1. The molecule has 0 radical (unpaired) electrons. The Balaban J connectivity index is 1.76. The van der Waals surface area contributed by atoms with Crippen molar-refractivity contribution in [2.45, 2.75) is 32.7 Å². The van der Waals surface area contributed by atoms with E-state index in [0.29, 0.717) is 12.3 Å². The lowest BCUT2D eigenvalue weighted by atomic mass is 10.2. The molecular formula is C14H26N4O3S. The maximum Gasteiger partial charge on any atom is 0.243 e. The lowest BCUT2D eigenvalue weighted by Crippen LogP contribution is -2.47. The van der Waals surface area contributed by atoms with Crippen LogP contribution in [0.4, 0.5) is 0 Å². The predicted octanol–water partition coefficient (Wildman–Crippen LogP) is 0.745. The molecule has 2 rings (SSSR count). The Morgan fingerprint density at radius 2 is 1.95 bits per heavy atom. The summed E-state index contributed by atoms with van der Waals surface area (Å²) in [7, 11) is -2.85. The number of hydrogen-bond donors (Lipinski definition) is 0. The normalized spacial score (nSPS) is 19.4. The molecular weight excluding hydrogens is 304 g/mol. The molecule has 0 bridgehead atoms. The average molecular weight is 330 g/mol. The predicted molar refractivity (Wildman–Crippen MR) is 84.4 cm³/mol. The van der Waals surface area contributed by atoms with Gasteiger partial charge in [0.1, 0.15) is 9.84 Å². The number of aromatic nitrogens is 2. The minimum Gasteiger partial charge on any atom is -0.338 e. The van der Waals surface area contributed by atoms with E-state index in [1.54, 1.807) is 0 Å². The van der Waals surface area contributed by atoms with Crippen molar-refractivity contribution >= 4 is 9.84 Å². The maximum atomic E-state index is 11.1. The van der Waals surface area contributed by atoms with Crippen molar-refractivity contribution < 1.29 is 12.9 Å². The van der Waals surface area contributed by atoms with Crippen molar-refractivity contribution in [2.75, 3.05) is 44.7 Å². The van der Waals surface area contributed by atoms with Crippen LogP contribution >= 0.6 is 0 Å². The molecule has 1 aliphatic heterocycles. The molecule has 1 fully saturated rings. The zero-order valence-corrected chi connectivity index (χ0v) is 14.5. The van der Waals surface area contributed by atoms with Crippen LogP contribution in [-0.2, 0) is 16.3 Å². The van der Waals surface area contributed by atoms with E-state index >= 15 is 0 Å². The van der Waals surface area contributed by atoms with Gasteiger partial charge in [0, 0.05) is 38.9 Å². The van der Waals surface area contributed by atoms with Gasteiger partial charge in [0.05, 0.1) is 11.8 Å². The molecule has 1 aromatic heterocycles. The second kappa shape index (κ2) is 7.52. The molecule has 0 unspecified atom stereocenters. The molecule has 1 atom stereocenters. The highest BCUT2D eigenvalue weighted by molar-refractivity contribution is 7.90. The molecule has 1 saturated heterocycles. The maximum absolute atomic E-state index is 11.1. The Morgan fingerprint density at radius 1 is 1.27 bits per heavy atom. The van der Waals surface area contributed by atoms with E-state index in [2.05, 4.69) is 26.9 Å². The lowest BCUT2D eigenvalue weighted by Gasteiger charge is -2.36. The molecule has 1 aromatic rings. The monoisotopic (exact) mass is 330 g/mol. The number of aryl methyl sites for hydroxylation is 1. The van der Waals surface area contributed by atoms with E-state index in [-0.39, 0.29) is 11.8 Å². The fourth-order valence-corrected chi connectivity index (χ4v) is 3.32. The SMILES string of the molecule is CCc1noc([C@@H](C)N2CCN(CCCS(C)(=O)=O)CC2)n1. The molecule has 2 heterocycles. The van der Waals surface area contributed by atoms with Crippen LogP contribution in [0.2, 0.25) is 0 Å². The van der Waals surface area contributed by atoms with Crippen LogP contribution in [-0.4, -0.2) is 73.1 Å². The van der Waals surface area contributed by atoms with Crippen molar-refractivity contribution in [1.29, 1.82) is 0 Å². The lowest BCUT2D eigenvalue weighted by molar-refractivity contribution is 0.0885. The molecule has 0 spiro atoms. The quantitative estimate of drug-likeness (QED) is 0.729. The highest BCUT2D eigenvalue weighted by Crippen LogP contribution is 2.20. The van der Waals surface area contributed by atoms with Gasteiger partial charge >= 0.3 is 0 Å². The van der Waals surface area contributed by atoms with Gasteiger partial charge in [0.25, 0.3) is 0 Å². The van der Waals surface area contributed by atoms with E-state index in [0.717, 1.165) is 45.0 Å². The molecule has 0 aromatic carbocycles. The number of rotatable bonds is 7. The van der Waals surface area contributed by atoms with E-state index in [1.807, 2.05) is 6.92 Å². The van der Waals surface area contributed by atoms with Crippen molar-refractivity contribution in [2.24, 2.45) is 0 Å². The Kier molecular flexibility index (Phi) is 5.94. The molecule has 8 heteroatoms. The highest BCUT2D eigenvalue weighted by Gasteiger charge is 2.25. The molecule has 1 aliphatic rings. The standard InChI is InChI=1S/C14H26N4O3S/c1-4-13-15-14(21-16-13)12(2)18-9-7-17(8-10-18)6-5-11-22(3,19)20/h12H,4-11H2,1-3H3/t12-/m1/s1. The zero-order valence-electron chi connectivity index (χ0n) is 13.7. The minimum atomic E-state index is -2.85. The van der Waals surface area contributed by atoms with E-state index < -0.39 is 9.84 Å². The van der Waals surface area contributed by atoms with Crippen LogP contribution in [0.15, 0.2) is 4.52 Å². The van der Waals surface area contributed by atoms with E-state index in [4.69, 9.17) is 4.52 Å². The summed E-state index contributed by atoms with van der Waals surface area (Å²) in [6, 6.07) is 0.131. The molecule has 0 aliphatic carbocycles. The number of hydrogen-bond acceptors (Lipinski definition) is 7. The summed E-state index contributed by atoms with van der Waals surface area (Å²) in [6.45, 7) is 8.70. The van der Waals surface area contributed by atoms with Crippen LogP contribution in [0.1, 0.15) is 38.0 Å². The second-order valence-corrected chi connectivity index (χ2v) is 8.20. The van der Waals surface area contributed by atoms with Gasteiger partial charge in [-0.3, -0.25) is 4.90 Å². The van der Waals surface area contributed by atoms with Gasteiger partial charge in [-0.05, 0) is 19.9 Å². The van der Waals surface area contributed by atoms with Gasteiger partial charge in [-0.2, -0.15) is 4.98 Å². The molecule has 22 heavy (non-hydrogen) atoms. The van der Waals surface area contributed by atoms with Crippen LogP contribution in [0.25, 0.3) is 0 Å². The van der Waals surface area contributed by atoms with E-state index in [1.165, 1.54) is 6.26 Å². The Bertz CT molecular complexity index is 564. The van der Waals surface area contributed by atoms with Gasteiger partial charge in [-0.1, -0.05) is 12.1 Å². The van der Waals surface area contributed by atoms with Gasteiger partial charge in [0.2, 0.25) is 5.89 Å². The third-order valence-corrected chi connectivity index (χ3v) is 5.13. The molecule has 0 N–H and O–H groups in total. The number of sulfone groups is 1. The summed E-state index contributed by atoms with van der Waals surface area (Å²) in [5.41, 5.74) is 0. The van der Waals surface area contributed by atoms with Crippen molar-refractivity contribution in [1.82, 2.24) is 19.9 Å². The Morgan fingerprint density at radius 3 is 2.50 bits per heavy atom. The van der Waals surface area contributed by atoms with Crippen LogP contribution in [0.3, 0.4) is 0 Å². The molecule has 126 valence electrons. The number of nitrogens with zero attached hydrogens (tertiary/aromatic N) is 4. The molecule has 7 nitrogen and oxygen atoms in total. The minimum absolute atomic E-state index is 0.131.